The summed E-state index contributed by atoms with van der Waals surface area (Å²) in [5, 5.41) is 3.34. The quantitative estimate of drug-likeness (QED) is 0.647. The highest BCUT2D eigenvalue weighted by Crippen LogP contribution is 2.32. The van der Waals surface area contributed by atoms with Gasteiger partial charge in [0, 0.05) is 42.9 Å². The van der Waals surface area contributed by atoms with Gasteiger partial charge in [0.1, 0.15) is 5.82 Å². The van der Waals surface area contributed by atoms with Crippen molar-refractivity contribution in [1.29, 1.82) is 0 Å². The van der Waals surface area contributed by atoms with Crippen molar-refractivity contribution in [2.45, 2.75) is 26.7 Å². The molecule has 1 aliphatic rings. The Morgan fingerprint density at radius 3 is 2.57 bits per heavy atom. The van der Waals surface area contributed by atoms with Crippen LogP contribution in [0, 0.1) is 0 Å². The molecule has 0 atom stereocenters. The molecule has 2 aromatic carbocycles. The van der Waals surface area contributed by atoms with Gasteiger partial charge < -0.3 is 15.1 Å². The third-order valence-corrected chi connectivity index (χ3v) is 5.28. The van der Waals surface area contributed by atoms with E-state index >= 15 is 0 Å². The fraction of sp³-hybridized carbons (Fsp3) is 0.304. The maximum absolute atomic E-state index is 4.77. The van der Waals surface area contributed by atoms with Gasteiger partial charge in [0.2, 0.25) is 5.95 Å². The molecule has 1 N–H and O–H groups in total. The zero-order valence-electron chi connectivity index (χ0n) is 16.6. The van der Waals surface area contributed by atoms with Crippen LogP contribution in [-0.2, 0) is 6.42 Å². The van der Waals surface area contributed by atoms with Crippen LogP contribution in [-0.4, -0.2) is 29.6 Å². The smallest absolute Gasteiger partial charge is 0.229 e. The first-order chi connectivity index (χ1) is 13.8. The number of aromatic nitrogens is 2. The van der Waals surface area contributed by atoms with E-state index in [1.165, 1.54) is 16.9 Å². The highest BCUT2D eigenvalue weighted by Gasteiger charge is 2.19. The van der Waals surface area contributed by atoms with Gasteiger partial charge in [0.15, 0.2) is 0 Å². The summed E-state index contributed by atoms with van der Waals surface area (Å²) >= 11 is 0. The third-order valence-electron chi connectivity index (χ3n) is 5.28. The summed E-state index contributed by atoms with van der Waals surface area (Å²) in [5.74, 6) is 1.56. The molecular formula is C23H27N5. The van der Waals surface area contributed by atoms with Crippen LogP contribution in [0.1, 0.15) is 25.8 Å². The second-order valence-electron chi connectivity index (χ2n) is 6.97. The average molecular weight is 374 g/mol. The monoisotopic (exact) mass is 373 g/mol. The minimum absolute atomic E-state index is 0.621. The van der Waals surface area contributed by atoms with E-state index < -0.39 is 0 Å². The Morgan fingerprint density at radius 1 is 1.00 bits per heavy atom. The average Bonchev–Trinajstić information content (AvgIpc) is 2.75. The molecule has 0 saturated heterocycles. The second kappa shape index (κ2) is 8.30. The first-order valence-electron chi connectivity index (χ1n) is 10.1. The Balaban J connectivity index is 1.54. The van der Waals surface area contributed by atoms with Crippen molar-refractivity contribution < 1.29 is 0 Å². The van der Waals surface area contributed by atoms with Crippen LogP contribution in [0.3, 0.4) is 0 Å². The summed E-state index contributed by atoms with van der Waals surface area (Å²) in [7, 11) is 0. The van der Waals surface area contributed by atoms with Crippen molar-refractivity contribution in [3.63, 3.8) is 0 Å². The number of nitrogens with one attached hydrogen (secondary N) is 1. The van der Waals surface area contributed by atoms with E-state index in [0.29, 0.717) is 5.95 Å². The molecule has 2 heterocycles. The normalized spacial score (nSPS) is 13.1. The van der Waals surface area contributed by atoms with Crippen molar-refractivity contribution in [3.05, 3.63) is 66.4 Å². The molecule has 1 aliphatic heterocycles. The van der Waals surface area contributed by atoms with Gasteiger partial charge >= 0.3 is 0 Å². The van der Waals surface area contributed by atoms with E-state index in [4.69, 9.17) is 4.98 Å². The van der Waals surface area contributed by atoms with Crippen molar-refractivity contribution in [3.8, 4) is 0 Å². The van der Waals surface area contributed by atoms with E-state index in [0.717, 1.165) is 44.0 Å². The molecule has 5 heteroatoms. The van der Waals surface area contributed by atoms with Gasteiger partial charge in [0.05, 0.1) is 0 Å². The molecule has 4 rings (SSSR count). The predicted octanol–water partition coefficient (Wildman–Crippen LogP) is 5.15. The zero-order valence-corrected chi connectivity index (χ0v) is 16.6. The second-order valence-corrected chi connectivity index (χ2v) is 6.97. The third kappa shape index (κ3) is 3.79. The lowest BCUT2D eigenvalue weighted by Crippen LogP contribution is -2.25. The molecule has 0 spiro atoms. The number of rotatable bonds is 6. The lowest BCUT2D eigenvalue weighted by molar-refractivity contribution is 0.759. The van der Waals surface area contributed by atoms with E-state index in [2.05, 4.69) is 82.5 Å². The van der Waals surface area contributed by atoms with Crippen LogP contribution in [0.2, 0.25) is 0 Å². The molecule has 28 heavy (non-hydrogen) atoms. The van der Waals surface area contributed by atoms with Crippen molar-refractivity contribution in [2.24, 2.45) is 0 Å². The van der Waals surface area contributed by atoms with Gasteiger partial charge in [-0.25, -0.2) is 4.98 Å². The number of anilines is 5. The standard InChI is InChI=1S/C23H27N5/c1-3-27(4-2)20-13-11-19(12-14-20)25-23-24-16-15-22(26-23)28-17-7-9-18-8-5-6-10-21(18)28/h5-6,8,10-16H,3-4,7,9,17H2,1-2H3,(H,24,25,26). The van der Waals surface area contributed by atoms with E-state index in [-0.39, 0.29) is 0 Å². The number of aryl methyl sites for hydroxylation is 1. The van der Waals surface area contributed by atoms with Crippen molar-refractivity contribution in [1.82, 2.24) is 9.97 Å². The maximum Gasteiger partial charge on any atom is 0.229 e. The fourth-order valence-electron chi connectivity index (χ4n) is 3.80. The van der Waals surface area contributed by atoms with Gasteiger partial charge in [-0.3, -0.25) is 0 Å². The summed E-state index contributed by atoms with van der Waals surface area (Å²) in [6.45, 7) is 7.34. The van der Waals surface area contributed by atoms with E-state index in [1.54, 1.807) is 0 Å². The number of nitrogens with zero attached hydrogens (tertiary/aromatic N) is 4. The Kier molecular flexibility index (Phi) is 5.42. The van der Waals surface area contributed by atoms with Crippen molar-refractivity contribution >= 4 is 28.8 Å². The van der Waals surface area contributed by atoms with Crippen LogP contribution in [0.25, 0.3) is 0 Å². The number of fused-ring (bicyclic) bond motifs is 1. The summed E-state index contributed by atoms with van der Waals surface area (Å²) < 4.78 is 0. The molecule has 0 aliphatic carbocycles. The van der Waals surface area contributed by atoms with Gasteiger partial charge in [-0.15, -0.1) is 0 Å². The molecule has 0 saturated carbocycles. The Hall–Kier alpha value is -3.08. The minimum atomic E-state index is 0.621. The lowest BCUT2D eigenvalue weighted by Gasteiger charge is -2.30. The van der Waals surface area contributed by atoms with E-state index in [1.807, 2.05) is 12.3 Å². The number of hydrogen-bond acceptors (Lipinski definition) is 5. The maximum atomic E-state index is 4.77. The SMILES string of the molecule is CCN(CC)c1ccc(Nc2nccc(N3CCCc4ccccc43)n2)cc1. The highest BCUT2D eigenvalue weighted by atomic mass is 15.2. The number of para-hydroxylation sites is 1. The lowest BCUT2D eigenvalue weighted by atomic mass is 10.0. The van der Waals surface area contributed by atoms with Crippen LogP contribution in [0.15, 0.2) is 60.8 Å². The summed E-state index contributed by atoms with van der Waals surface area (Å²) in [5.41, 5.74) is 4.86. The molecule has 3 aromatic rings. The molecule has 0 fully saturated rings. The predicted molar refractivity (Wildman–Crippen MR) is 117 cm³/mol. The molecule has 0 unspecified atom stereocenters. The van der Waals surface area contributed by atoms with Crippen LogP contribution >= 0.6 is 0 Å². The molecule has 5 nitrogen and oxygen atoms in total. The molecular weight excluding hydrogens is 346 g/mol. The molecule has 144 valence electrons. The van der Waals surface area contributed by atoms with Gasteiger partial charge in [-0.05, 0) is 68.7 Å². The summed E-state index contributed by atoms with van der Waals surface area (Å²) in [6, 6.07) is 19.0. The first-order valence-corrected chi connectivity index (χ1v) is 10.1. The van der Waals surface area contributed by atoms with Gasteiger partial charge in [-0.2, -0.15) is 4.98 Å². The molecule has 1 aromatic heterocycles. The van der Waals surface area contributed by atoms with Crippen LogP contribution < -0.4 is 15.1 Å². The molecule has 0 bridgehead atoms. The number of benzene rings is 2. The van der Waals surface area contributed by atoms with Gasteiger partial charge in [0.25, 0.3) is 0 Å². The first kappa shape index (κ1) is 18.3. The topological polar surface area (TPSA) is 44.3 Å². The summed E-state index contributed by atoms with van der Waals surface area (Å²) in [4.78, 5) is 13.8. The van der Waals surface area contributed by atoms with Crippen LogP contribution in [0.4, 0.5) is 28.8 Å². The summed E-state index contributed by atoms with van der Waals surface area (Å²) in [6.07, 6.45) is 4.09. The van der Waals surface area contributed by atoms with Crippen molar-refractivity contribution in [2.75, 3.05) is 34.8 Å². The Bertz CT molecular complexity index is 918. The van der Waals surface area contributed by atoms with Crippen LogP contribution in [0.5, 0.6) is 0 Å². The Morgan fingerprint density at radius 2 is 1.79 bits per heavy atom. The van der Waals surface area contributed by atoms with E-state index in [9.17, 15) is 0 Å². The fourth-order valence-corrected chi connectivity index (χ4v) is 3.80. The largest absolute Gasteiger partial charge is 0.372 e. The Labute approximate surface area is 167 Å². The number of hydrogen-bond donors (Lipinski definition) is 1. The molecule has 0 amide bonds. The molecule has 0 radical (unpaired) electrons. The zero-order chi connectivity index (χ0) is 19.3. The minimum Gasteiger partial charge on any atom is -0.372 e. The highest BCUT2D eigenvalue weighted by molar-refractivity contribution is 5.67. The van der Waals surface area contributed by atoms with Gasteiger partial charge in [-0.1, -0.05) is 18.2 Å².